The number of nitrogens with one attached hydrogen (secondary N) is 2. The van der Waals surface area contributed by atoms with E-state index >= 15 is 0 Å². The maximum Gasteiger partial charge on any atom is 0.141 e. The number of amidine groups is 1. The fraction of sp³-hybridized carbons (Fsp3) is 0.357. The summed E-state index contributed by atoms with van der Waals surface area (Å²) in [5, 5.41) is 6.89. The molecule has 3 aliphatic rings. The van der Waals surface area contributed by atoms with Gasteiger partial charge >= 0.3 is 0 Å². The number of nitrogens with zero attached hydrogens (tertiary/aromatic N) is 5. The lowest BCUT2D eigenvalue weighted by atomic mass is 10.0. The van der Waals surface area contributed by atoms with Gasteiger partial charge in [-0.3, -0.25) is 9.89 Å². The molecule has 0 bridgehead atoms. The van der Waals surface area contributed by atoms with Gasteiger partial charge in [0.05, 0.1) is 0 Å². The van der Waals surface area contributed by atoms with Gasteiger partial charge in [0.2, 0.25) is 0 Å². The SMILES string of the molecule is CNc1ccccc1CNC1=CC=C(c2ccc(N3CCN(C)C[C@H]3C)nc2)C2=NCCC=CN12. The number of anilines is 2. The van der Waals surface area contributed by atoms with E-state index < -0.39 is 0 Å². The number of rotatable bonds is 6. The minimum Gasteiger partial charge on any atom is -0.388 e. The van der Waals surface area contributed by atoms with Crippen molar-refractivity contribution in [3.05, 3.63) is 84.0 Å². The van der Waals surface area contributed by atoms with Crippen molar-refractivity contribution < 1.29 is 0 Å². The predicted molar refractivity (Wildman–Crippen MR) is 145 cm³/mol. The van der Waals surface area contributed by atoms with Crippen molar-refractivity contribution in [1.29, 1.82) is 0 Å². The van der Waals surface area contributed by atoms with Crippen LogP contribution in [0.25, 0.3) is 5.57 Å². The lowest BCUT2D eigenvalue weighted by molar-refractivity contribution is 0.274. The van der Waals surface area contributed by atoms with Gasteiger partial charge in [-0.2, -0.15) is 0 Å². The normalized spacial score (nSPS) is 20.4. The summed E-state index contributed by atoms with van der Waals surface area (Å²) in [6.07, 6.45) is 11.6. The summed E-state index contributed by atoms with van der Waals surface area (Å²) in [5.41, 5.74) is 4.54. The number of likely N-dealkylation sites (N-methyl/N-ethyl adjacent to an activating group) is 1. The van der Waals surface area contributed by atoms with Crippen LogP contribution in [0.5, 0.6) is 0 Å². The molecule has 4 heterocycles. The lowest BCUT2D eigenvalue weighted by Crippen LogP contribution is -2.50. The molecule has 5 rings (SSSR count). The van der Waals surface area contributed by atoms with Crippen molar-refractivity contribution >= 4 is 22.9 Å². The molecule has 1 fully saturated rings. The number of piperazine rings is 1. The molecule has 35 heavy (non-hydrogen) atoms. The first-order chi connectivity index (χ1) is 17.1. The molecular formula is C28H35N7. The number of hydrogen-bond acceptors (Lipinski definition) is 7. The number of aromatic nitrogens is 1. The van der Waals surface area contributed by atoms with Crippen LogP contribution in [0.4, 0.5) is 11.5 Å². The Morgan fingerprint density at radius 3 is 2.77 bits per heavy atom. The number of benzene rings is 1. The molecule has 0 amide bonds. The second-order valence-corrected chi connectivity index (χ2v) is 9.35. The summed E-state index contributed by atoms with van der Waals surface area (Å²) in [7, 11) is 4.14. The van der Waals surface area contributed by atoms with Crippen LogP contribution in [-0.2, 0) is 6.54 Å². The van der Waals surface area contributed by atoms with Crippen LogP contribution in [0.15, 0.2) is 77.8 Å². The molecule has 1 saturated heterocycles. The Balaban J connectivity index is 1.39. The summed E-state index contributed by atoms with van der Waals surface area (Å²) in [4.78, 5) is 16.8. The van der Waals surface area contributed by atoms with E-state index in [1.54, 1.807) is 0 Å². The van der Waals surface area contributed by atoms with E-state index in [4.69, 9.17) is 9.98 Å². The molecule has 2 aromatic rings. The van der Waals surface area contributed by atoms with Crippen LogP contribution >= 0.6 is 0 Å². The maximum atomic E-state index is 4.95. The number of aliphatic imine (C=N–C) groups is 1. The molecule has 7 nitrogen and oxygen atoms in total. The molecule has 1 atom stereocenters. The molecule has 0 saturated carbocycles. The Morgan fingerprint density at radius 2 is 1.97 bits per heavy atom. The zero-order chi connectivity index (χ0) is 24.2. The molecule has 0 spiro atoms. The Morgan fingerprint density at radius 1 is 1.09 bits per heavy atom. The van der Waals surface area contributed by atoms with Gasteiger partial charge in [-0.25, -0.2) is 4.98 Å². The van der Waals surface area contributed by atoms with Crippen LogP contribution in [0.3, 0.4) is 0 Å². The van der Waals surface area contributed by atoms with Gasteiger partial charge in [0.25, 0.3) is 0 Å². The first-order valence-corrected chi connectivity index (χ1v) is 12.5. The Hall–Kier alpha value is -3.58. The van der Waals surface area contributed by atoms with Crippen LogP contribution in [0, 0.1) is 0 Å². The van der Waals surface area contributed by atoms with Crippen molar-refractivity contribution in [3.63, 3.8) is 0 Å². The highest BCUT2D eigenvalue weighted by molar-refractivity contribution is 6.24. The zero-order valence-electron chi connectivity index (χ0n) is 20.9. The first kappa shape index (κ1) is 23.2. The first-order valence-electron chi connectivity index (χ1n) is 12.5. The Labute approximate surface area is 208 Å². The fourth-order valence-electron chi connectivity index (χ4n) is 4.97. The topological polar surface area (TPSA) is 59.0 Å². The molecule has 2 N–H and O–H groups in total. The van der Waals surface area contributed by atoms with E-state index in [2.05, 4.69) is 100 Å². The van der Waals surface area contributed by atoms with Gasteiger partial charge in [0.1, 0.15) is 17.5 Å². The quantitative estimate of drug-likeness (QED) is 0.669. The molecular weight excluding hydrogens is 434 g/mol. The molecule has 7 heteroatoms. The van der Waals surface area contributed by atoms with Crippen molar-refractivity contribution in [2.24, 2.45) is 4.99 Å². The molecule has 182 valence electrons. The number of pyridine rings is 1. The van der Waals surface area contributed by atoms with Crippen molar-refractivity contribution in [3.8, 4) is 0 Å². The lowest BCUT2D eigenvalue weighted by Gasteiger charge is -2.39. The highest BCUT2D eigenvalue weighted by atomic mass is 15.3. The van der Waals surface area contributed by atoms with Gasteiger partial charge < -0.3 is 20.4 Å². The number of hydrogen-bond donors (Lipinski definition) is 2. The van der Waals surface area contributed by atoms with E-state index in [9.17, 15) is 0 Å². The van der Waals surface area contributed by atoms with Gasteiger partial charge in [-0.1, -0.05) is 24.3 Å². The van der Waals surface area contributed by atoms with Crippen molar-refractivity contribution in [1.82, 2.24) is 20.1 Å². The fourth-order valence-corrected chi connectivity index (χ4v) is 4.97. The smallest absolute Gasteiger partial charge is 0.141 e. The number of fused-ring (bicyclic) bond motifs is 1. The third-order valence-corrected chi connectivity index (χ3v) is 6.88. The second kappa shape index (κ2) is 10.4. The van der Waals surface area contributed by atoms with Crippen LogP contribution < -0.4 is 15.5 Å². The van der Waals surface area contributed by atoms with E-state index in [0.717, 1.165) is 73.4 Å². The molecule has 0 radical (unpaired) electrons. The standard InChI is InChI=1S/C28H35N7/c1-21-20-33(3)16-17-34(21)26-12-10-22(18-31-26)24-11-13-27(35-15-7-6-14-30-28(24)35)32-19-23-8-4-5-9-25(23)29-2/h4-5,7-13,15,18,21,29,32H,6,14,16-17,19-20H2,1-3H3/t21-/m1/s1. The zero-order valence-corrected chi connectivity index (χ0v) is 20.9. The van der Waals surface area contributed by atoms with E-state index in [1.165, 1.54) is 5.56 Å². The summed E-state index contributed by atoms with van der Waals surface area (Å²) >= 11 is 0. The monoisotopic (exact) mass is 469 g/mol. The van der Waals surface area contributed by atoms with Gasteiger partial charge in [0, 0.05) is 75.0 Å². The highest BCUT2D eigenvalue weighted by Crippen LogP contribution is 2.28. The van der Waals surface area contributed by atoms with E-state index in [1.807, 2.05) is 13.2 Å². The average Bonchev–Trinajstić information content (AvgIpc) is 3.14. The van der Waals surface area contributed by atoms with Crippen LogP contribution in [-0.4, -0.2) is 66.9 Å². The summed E-state index contributed by atoms with van der Waals surface area (Å²) in [5.74, 6) is 3.03. The maximum absolute atomic E-state index is 4.95. The minimum atomic E-state index is 0.456. The third-order valence-electron chi connectivity index (χ3n) is 6.88. The Bertz CT molecular complexity index is 1160. The van der Waals surface area contributed by atoms with Gasteiger partial charge in [0.15, 0.2) is 0 Å². The second-order valence-electron chi connectivity index (χ2n) is 9.35. The summed E-state index contributed by atoms with van der Waals surface area (Å²) in [6.45, 7) is 6.91. The van der Waals surface area contributed by atoms with Crippen molar-refractivity contribution in [2.75, 3.05) is 50.5 Å². The van der Waals surface area contributed by atoms with Gasteiger partial charge in [-0.05, 0) is 56.3 Å². The van der Waals surface area contributed by atoms with Crippen molar-refractivity contribution in [2.45, 2.75) is 25.9 Å². The number of allylic oxidation sites excluding steroid dienone is 2. The van der Waals surface area contributed by atoms with E-state index in [-0.39, 0.29) is 0 Å². The highest BCUT2D eigenvalue weighted by Gasteiger charge is 2.25. The number of para-hydroxylation sites is 1. The molecule has 0 unspecified atom stereocenters. The third kappa shape index (κ3) is 4.95. The van der Waals surface area contributed by atoms with Crippen LogP contribution in [0.2, 0.25) is 0 Å². The molecule has 1 aromatic heterocycles. The summed E-state index contributed by atoms with van der Waals surface area (Å²) < 4.78 is 0. The molecule has 1 aromatic carbocycles. The van der Waals surface area contributed by atoms with E-state index in [0.29, 0.717) is 6.04 Å². The summed E-state index contributed by atoms with van der Waals surface area (Å²) in [6, 6.07) is 13.2. The largest absolute Gasteiger partial charge is 0.388 e. The molecule has 0 aliphatic carbocycles. The van der Waals surface area contributed by atoms with Crippen LogP contribution in [0.1, 0.15) is 24.5 Å². The minimum absolute atomic E-state index is 0.456. The average molecular weight is 470 g/mol. The Kier molecular flexibility index (Phi) is 6.86. The molecule has 3 aliphatic heterocycles. The predicted octanol–water partition coefficient (Wildman–Crippen LogP) is 3.91. The van der Waals surface area contributed by atoms with Gasteiger partial charge in [-0.15, -0.1) is 0 Å².